The molecule has 2 atom stereocenters. The first kappa shape index (κ1) is 8.74. The summed E-state index contributed by atoms with van der Waals surface area (Å²) in [6.07, 6.45) is 9.23. The Morgan fingerprint density at radius 2 is 2.31 bits per heavy atom. The van der Waals surface area contributed by atoms with Crippen molar-refractivity contribution >= 4 is 5.78 Å². The third-order valence-corrected chi connectivity index (χ3v) is 3.44. The number of carbonyl (C=O) groups is 1. The smallest absolute Gasteiger partial charge is 0.146 e. The van der Waals surface area contributed by atoms with Gasteiger partial charge in [-0.15, -0.1) is 0 Å². The molecule has 0 N–H and O–H groups in total. The van der Waals surface area contributed by atoms with E-state index < -0.39 is 0 Å². The molecule has 0 spiro atoms. The Hall–Kier alpha value is -0.850. The summed E-state index contributed by atoms with van der Waals surface area (Å²) in [4.78, 5) is 11.8. The standard InChI is InChI=1S/C12H16O/c1-9-6-7-11(13)12(2)8-4-3-5-10(9)12/h4-5,8-9H,3,6-7H2,1-2H3. The molecule has 1 fully saturated rings. The topological polar surface area (TPSA) is 17.1 Å². The first-order chi connectivity index (χ1) is 6.14. The van der Waals surface area contributed by atoms with Crippen molar-refractivity contribution in [1.29, 1.82) is 0 Å². The molecule has 13 heavy (non-hydrogen) atoms. The molecule has 1 nitrogen and oxygen atoms in total. The molecule has 0 aromatic heterocycles. The number of carbonyl (C=O) groups excluding carboxylic acids is 1. The Kier molecular flexibility index (Phi) is 1.90. The molecule has 0 aromatic rings. The summed E-state index contributed by atoms with van der Waals surface area (Å²) >= 11 is 0. The zero-order chi connectivity index (χ0) is 9.47. The fraction of sp³-hybridized carbons (Fsp3) is 0.583. The van der Waals surface area contributed by atoms with E-state index in [0.29, 0.717) is 11.7 Å². The van der Waals surface area contributed by atoms with E-state index in [0.717, 1.165) is 19.3 Å². The number of Topliss-reactive ketones (excluding diaryl/α,β-unsaturated/α-hetero) is 1. The Balaban J connectivity index is 2.42. The van der Waals surface area contributed by atoms with E-state index in [1.165, 1.54) is 5.57 Å². The maximum absolute atomic E-state index is 11.8. The fourth-order valence-corrected chi connectivity index (χ4v) is 2.54. The van der Waals surface area contributed by atoms with E-state index in [1.807, 2.05) is 0 Å². The molecule has 70 valence electrons. The molecule has 0 aromatic carbocycles. The normalized spacial score (nSPS) is 38.5. The molecule has 1 saturated carbocycles. The van der Waals surface area contributed by atoms with Crippen LogP contribution in [0.25, 0.3) is 0 Å². The first-order valence-corrected chi connectivity index (χ1v) is 5.06. The zero-order valence-corrected chi connectivity index (χ0v) is 8.34. The van der Waals surface area contributed by atoms with Gasteiger partial charge in [-0.3, -0.25) is 4.79 Å². The number of ketones is 1. The SMILES string of the molecule is CC1CCC(=O)C2(C)C=CCC=C12. The largest absolute Gasteiger partial charge is 0.298 e. The van der Waals surface area contributed by atoms with Gasteiger partial charge in [0.25, 0.3) is 0 Å². The molecular formula is C12H16O. The molecule has 0 bridgehead atoms. The van der Waals surface area contributed by atoms with Gasteiger partial charge in [-0.05, 0) is 25.7 Å². The van der Waals surface area contributed by atoms with Gasteiger partial charge in [0.2, 0.25) is 0 Å². The summed E-state index contributed by atoms with van der Waals surface area (Å²) in [6, 6.07) is 0. The Morgan fingerprint density at radius 3 is 3.00 bits per heavy atom. The number of allylic oxidation sites excluding steroid dienone is 4. The number of hydrogen-bond donors (Lipinski definition) is 0. The van der Waals surface area contributed by atoms with Crippen LogP contribution >= 0.6 is 0 Å². The second-order valence-electron chi connectivity index (χ2n) is 4.36. The summed E-state index contributed by atoms with van der Waals surface area (Å²) in [5.41, 5.74) is 1.10. The van der Waals surface area contributed by atoms with Crippen molar-refractivity contribution in [3.8, 4) is 0 Å². The highest BCUT2D eigenvalue weighted by Gasteiger charge is 2.40. The van der Waals surface area contributed by atoms with Crippen LogP contribution in [-0.4, -0.2) is 5.78 Å². The second kappa shape index (κ2) is 2.83. The molecule has 2 rings (SSSR count). The van der Waals surface area contributed by atoms with Crippen LogP contribution in [0.15, 0.2) is 23.8 Å². The summed E-state index contributed by atoms with van der Waals surface area (Å²) < 4.78 is 0. The lowest BCUT2D eigenvalue weighted by atomic mass is 9.64. The highest BCUT2D eigenvalue weighted by molar-refractivity contribution is 5.91. The van der Waals surface area contributed by atoms with E-state index in [1.54, 1.807) is 0 Å². The first-order valence-electron chi connectivity index (χ1n) is 5.06. The molecular weight excluding hydrogens is 160 g/mol. The maximum Gasteiger partial charge on any atom is 0.146 e. The van der Waals surface area contributed by atoms with Crippen molar-refractivity contribution in [3.05, 3.63) is 23.8 Å². The van der Waals surface area contributed by atoms with Gasteiger partial charge >= 0.3 is 0 Å². The maximum atomic E-state index is 11.8. The van der Waals surface area contributed by atoms with Crippen LogP contribution in [0.2, 0.25) is 0 Å². The summed E-state index contributed by atoms with van der Waals surface area (Å²) in [5, 5.41) is 0. The van der Waals surface area contributed by atoms with Crippen molar-refractivity contribution in [1.82, 2.24) is 0 Å². The number of rotatable bonds is 0. The minimum absolute atomic E-state index is 0.254. The van der Waals surface area contributed by atoms with Crippen LogP contribution in [0.1, 0.15) is 33.1 Å². The Morgan fingerprint density at radius 1 is 1.54 bits per heavy atom. The van der Waals surface area contributed by atoms with E-state index in [2.05, 4.69) is 32.1 Å². The second-order valence-corrected chi connectivity index (χ2v) is 4.36. The molecule has 1 heteroatoms. The molecule has 2 aliphatic rings. The van der Waals surface area contributed by atoms with Crippen LogP contribution in [0, 0.1) is 11.3 Å². The average molecular weight is 176 g/mol. The monoisotopic (exact) mass is 176 g/mol. The van der Waals surface area contributed by atoms with Gasteiger partial charge in [0.1, 0.15) is 5.78 Å². The summed E-state index contributed by atoms with van der Waals surface area (Å²) in [6.45, 7) is 4.29. The Bertz CT molecular complexity index is 298. The number of hydrogen-bond acceptors (Lipinski definition) is 1. The van der Waals surface area contributed by atoms with Crippen LogP contribution < -0.4 is 0 Å². The average Bonchev–Trinajstić information content (AvgIpc) is 2.12. The van der Waals surface area contributed by atoms with Crippen LogP contribution in [0.4, 0.5) is 0 Å². The van der Waals surface area contributed by atoms with Gasteiger partial charge in [0.15, 0.2) is 0 Å². The lowest BCUT2D eigenvalue weighted by Gasteiger charge is -2.38. The molecule has 0 radical (unpaired) electrons. The molecule has 0 saturated heterocycles. The van der Waals surface area contributed by atoms with Crippen molar-refractivity contribution in [2.45, 2.75) is 33.1 Å². The molecule has 2 aliphatic carbocycles. The molecule has 0 heterocycles. The highest BCUT2D eigenvalue weighted by atomic mass is 16.1. The predicted molar refractivity (Wildman–Crippen MR) is 53.4 cm³/mol. The Labute approximate surface area is 79.5 Å². The van der Waals surface area contributed by atoms with Gasteiger partial charge in [-0.25, -0.2) is 0 Å². The van der Waals surface area contributed by atoms with E-state index >= 15 is 0 Å². The minimum Gasteiger partial charge on any atom is -0.298 e. The summed E-state index contributed by atoms with van der Waals surface area (Å²) in [5.74, 6) is 0.987. The molecule has 0 amide bonds. The van der Waals surface area contributed by atoms with Crippen LogP contribution in [0.5, 0.6) is 0 Å². The molecule has 0 aliphatic heterocycles. The lowest BCUT2D eigenvalue weighted by molar-refractivity contribution is -0.126. The van der Waals surface area contributed by atoms with E-state index in [4.69, 9.17) is 0 Å². The van der Waals surface area contributed by atoms with Gasteiger partial charge in [-0.2, -0.15) is 0 Å². The van der Waals surface area contributed by atoms with Crippen molar-refractivity contribution in [3.63, 3.8) is 0 Å². The number of fused-ring (bicyclic) bond motifs is 1. The zero-order valence-electron chi connectivity index (χ0n) is 8.34. The van der Waals surface area contributed by atoms with Crippen molar-refractivity contribution < 1.29 is 4.79 Å². The van der Waals surface area contributed by atoms with Gasteiger partial charge < -0.3 is 0 Å². The third kappa shape index (κ3) is 1.18. The van der Waals surface area contributed by atoms with Crippen LogP contribution in [0.3, 0.4) is 0 Å². The van der Waals surface area contributed by atoms with Gasteiger partial charge in [-0.1, -0.05) is 30.7 Å². The van der Waals surface area contributed by atoms with Crippen molar-refractivity contribution in [2.24, 2.45) is 11.3 Å². The fourth-order valence-electron chi connectivity index (χ4n) is 2.54. The van der Waals surface area contributed by atoms with Gasteiger partial charge in [0.05, 0.1) is 5.41 Å². The quantitative estimate of drug-likeness (QED) is 0.519. The van der Waals surface area contributed by atoms with Crippen LogP contribution in [-0.2, 0) is 4.79 Å². The van der Waals surface area contributed by atoms with Crippen molar-refractivity contribution in [2.75, 3.05) is 0 Å². The third-order valence-electron chi connectivity index (χ3n) is 3.44. The summed E-state index contributed by atoms with van der Waals surface area (Å²) in [7, 11) is 0. The van der Waals surface area contributed by atoms with E-state index in [9.17, 15) is 4.79 Å². The van der Waals surface area contributed by atoms with E-state index in [-0.39, 0.29) is 5.41 Å². The molecule has 2 unspecified atom stereocenters. The highest BCUT2D eigenvalue weighted by Crippen LogP contribution is 2.44. The minimum atomic E-state index is -0.254. The van der Waals surface area contributed by atoms with Gasteiger partial charge in [0, 0.05) is 6.42 Å². The lowest BCUT2D eigenvalue weighted by Crippen LogP contribution is -2.36. The predicted octanol–water partition coefficient (Wildman–Crippen LogP) is 2.88.